The monoisotopic (exact) mass is 432 g/mol. The molecule has 0 spiro atoms. The molecule has 0 radical (unpaired) electrons. The molecule has 104 valence electrons. The molecule has 4 aliphatic rings. The van der Waals surface area contributed by atoms with Crippen LogP contribution in [-0.4, -0.2) is 4.26 Å². The molecule has 4 aliphatic carbocycles. The molecular weight excluding hydrogens is 407 g/mol. The second-order valence-corrected chi connectivity index (χ2v) is 5.62. The molecular formula is C19H24Hf. The van der Waals surface area contributed by atoms with Crippen LogP contribution in [0, 0.1) is 24.7 Å². The predicted octanol–water partition coefficient (Wildman–Crippen LogP) is 4.94. The average Bonchev–Trinajstić information content (AvgIpc) is 3.18. The summed E-state index contributed by atoms with van der Waals surface area (Å²) in [5, 5.41) is 0. The first kappa shape index (κ1) is 15.8. The third kappa shape index (κ3) is 4.22. The van der Waals surface area contributed by atoms with E-state index in [0.29, 0.717) is 0 Å². The Bertz CT molecular complexity index is 385. The first-order chi connectivity index (χ1) is 9.93. The van der Waals surface area contributed by atoms with E-state index in [0.717, 1.165) is 35.7 Å². The van der Waals surface area contributed by atoms with Crippen molar-refractivity contribution in [3.05, 3.63) is 60.4 Å². The molecule has 0 heterocycles. The first-order valence-electron chi connectivity index (χ1n) is 7.68. The standard InChI is InChI=1S/2C9H11.CH2.Hf/c2*1-2-5-9-7-3-6-8(9)4-1;;/h2*1-2,4,6,9H,3,5,7H2;1H2;/q2*-1;;+2. The van der Waals surface area contributed by atoms with Crippen molar-refractivity contribution >= 4 is 4.26 Å². The van der Waals surface area contributed by atoms with Gasteiger partial charge in [0, 0.05) is 0 Å². The first-order valence-corrected chi connectivity index (χ1v) is 10.2. The molecule has 0 bridgehead atoms. The summed E-state index contributed by atoms with van der Waals surface area (Å²) in [6, 6.07) is 0. The van der Waals surface area contributed by atoms with Gasteiger partial charge in [-0.25, -0.2) is 36.1 Å². The van der Waals surface area contributed by atoms with E-state index in [1.165, 1.54) is 38.5 Å². The molecule has 4 rings (SSSR count). The van der Waals surface area contributed by atoms with Crippen LogP contribution in [0.1, 0.15) is 38.5 Å². The SMILES string of the molecule is C1=CCC2CC[CH-]C2=C1.C1=CCC2CC[CH-]C2=C1.[CH2]=[Hf+2]. The van der Waals surface area contributed by atoms with E-state index in [4.69, 9.17) is 0 Å². The summed E-state index contributed by atoms with van der Waals surface area (Å²) in [6.07, 6.45) is 26.1. The van der Waals surface area contributed by atoms with Gasteiger partial charge in [0.25, 0.3) is 0 Å². The number of hydrogen-bond acceptors (Lipinski definition) is 0. The van der Waals surface area contributed by atoms with Crippen molar-refractivity contribution in [2.45, 2.75) is 38.5 Å². The van der Waals surface area contributed by atoms with Gasteiger partial charge < -0.3 is 0 Å². The Balaban J connectivity index is 0.000000131. The molecule has 20 heavy (non-hydrogen) atoms. The number of hydrogen-bond donors (Lipinski definition) is 0. The Labute approximate surface area is 138 Å². The van der Waals surface area contributed by atoms with E-state index in [2.05, 4.69) is 53.6 Å². The molecule has 0 aromatic rings. The molecule has 0 N–H and O–H groups in total. The van der Waals surface area contributed by atoms with E-state index >= 15 is 0 Å². The molecule has 0 aliphatic heterocycles. The van der Waals surface area contributed by atoms with Gasteiger partial charge in [0.05, 0.1) is 0 Å². The van der Waals surface area contributed by atoms with Gasteiger partial charge >= 0.3 is 28.2 Å². The Hall–Kier alpha value is -0.560. The summed E-state index contributed by atoms with van der Waals surface area (Å²) in [4.78, 5) is 0. The zero-order chi connectivity index (χ0) is 14.2. The maximum atomic E-state index is 3.39. The zero-order valence-electron chi connectivity index (χ0n) is 12.2. The molecule has 0 aromatic carbocycles. The molecule has 0 saturated heterocycles. The number of rotatable bonds is 0. The minimum absolute atomic E-state index is 0.884. The van der Waals surface area contributed by atoms with Crippen LogP contribution in [0.3, 0.4) is 0 Å². The van der Waals surface area contributed by atoms with Gasteiger partial charge in [-0.2, -0.15) is 0 Å². The third-order valence-corrected chi connectivity index (χ3v) is 4.42. The second-order valence-electron chi connectivity index (χ2n) is 5.62. The van der Waals surface area contributed by atoms with E-state index < -0.39 is 0 Å². The second kappa shape index (κ2) is 8.67. The van der Waals surface area contributed by atoms with Gasteiger partial charge in [0.1, 0.15) is 0 Å². The summed E-state index contributed by atoms with van der Waals surface area (Å²) in [7, 11) is 0. The summed E-state index contributed by atoms with van der Waals surface area (Å²) in [6.45, 7) is 0. The Morgan fingerprint density at radius 2 is 1.30 bits per heavy atom. The molecule has 0 nitrogen and oxygen atoms in total. The fraction of sp³-hybridized carbons (Fsp3) is 0.421. The fourth-order valence-corrected chi connectivity index (χ4v) is 3.33. The van der Waals surface area contributed by atoms with Crippen molar-refractivity contribution in [2.75, 3.05) is 0 Å². The van der Waals surface area contributed by atoms with Crippen LogP contribution in [0.25, 0.3) is 0 Å². The van der Waals surface area contributed by atoms with Gasteiger partial charge in [-0.1, -0.05) is 12.8 Å². The maximum absolute atomic E-state index is 3.39. The third-order valence-electron chi connectivity index (χ3n) is 4.42. The molecule has 2 fully saturated rings. The summed E-state index contributed by atoms with van der Waals surface area (Å²) in [5.41, 5.74) is 3.16. The van der Waals surface area contributed by atoms with Gasteiger partial charge in [-0.15, -0.1) is 37.1 Å². The summed E-state index contributed by atoms with van der Waals surface area (Å²) in [5.74, 6) is 1.77. The van der Waals surface area contributed by atoms with Crippen LogP contribution < -0.4 is 0 Å². The van der Waals surface area contributed by atoms with Crippen molar-refractivity contribution in [1.29, 1.82) is 0 Å². The van der Waals surface area contributed by atoms with Crippen LogP contribution in [0.5, 0.6) is 0 Å². The van der Waals surface area contributed by atoms with Crippen molar-refractivity contribution < 1.29 is 23.9 Å². The van der Waals surface area contributed by atoms with E-state index in [-0.39, 0.29) is 0 Å². The molecule has 0 aromatic heterocycles. The molecule has 2 saturated carbocycles. The number of fused-ring (bicyclic) bond motifs is 2. The van der Waals surface area contributed by atoms with Gasteiger partial charge in [-0.3, -0.25) is 0 Å². The van der Waals surface area contributed by atoms with Crippen LogP contribution >= 0.6 is 0 Å². The Morgan fingerprint density at radius 3 is 1.70 bits per heavy atom. The van der Waals surface area contributed by atoms with Crippen LogP contribution in [0.4, 0.5) is 0 Å². The fourth-order valence-electron chi connectivity index (χ4n) is 3.33. The normalized spacial score (nSPS) is 28.3. The summed E-state index contributed by atoms with van der Waals surface area (Å²) < 4.78 is 3.39. The van der Waals surface area contributed by atoms with Gasteiger partial charge in [-0.05, 0) is 24.7 Å². The van der Waals surface area contributed by atoms with Crippen molar-refractivity contribution in [3.8, 4) is 0 Å². The van der Waals surface area contributed by atoms with Crippen LogP contribution in [0.15, 0.2) is 47.6 Å². The quantitative estimate of drug-likeness (QED) is 0.377. The van der Waals surface area contributed by atoms with Gasteiger partial charge in [0.2, 0.25) is 0 Å². The topological polar surface area (TPSA) is 0 Å². The molecule has 1 heteroatoms. The zero-order valence-corrected chi connectivity index (χ0v) is 15.8. The van der Waals surface area contributed by atoms with Crippen molar-refractivity contribution in [3.63, 3.8) is 0 Å². The Morgan fingerprint density at radius 1 is 0.850 bits per heavy atom. The minimum atomic E-state index is 0.884. The summed E-state index contributed by atoms with van der Waals surface area (Å²) >= 11 is 1.06. The van der Waals surface area contributed by atoms with Crippen molar-refractivity contribution in [1.82, 2.24) is 0 Å². The van der Waals surface area contributed by atoms with E-state index in [1.54, 1.807) is 11.1 Å². The van der Waals surface area contributed by atoms with E-state index in [9.17, 15) is 0 Å². The van der Waals surface area contributed by atoms with Crippen LogP contribution in [-0.2, 0) is 23.9 Å². The van der Waals surface area contributed by atoms with Gasteiger partial charge in [0.15, 0.2) is 0 Å². The molecule has 2 atom stereocenters. The molecule has 2 unspecified atom stereocenters. The number of allylic oxidation sites excluding steroid dienone is 8. The molecule has 0 amide bonds. The predicted molar refractivity (Wildman–Crippen MR) is 84.8 cm³/mol. The van der Waals surface area contributed by atoms with Crippen LogP contribution in [0.2, 0.25) is 0 Å². The average molecular weight is 431 g/mol. The van der Waals surface area contributed by atoms with E-state index in [1.807, 2.05) is 0 Å². The Kier molecular flexibility index (Phi) is 6.86. The van der Waals surface area contributed by atoms with Crippen molar-refractivity contribution in [2.24, 2.45) is 11.8 Å².